The molecule has 1 N–H and O–H groups in total. The maximum Gasteiger partial charge on any atom is 0.184 e. The van der Waals surface area contributed by atoms with Gasteiger partial charge in [-0.1, -0.05) is 32.4 Å². The third-order valence-corrected chi connectivity index (χ3v) is 8.41. The van der Waals surface area contributed by atoms with Crippen LogP contribution in [0.1, 0.15) is 65.7 Å². The highest BCUT2D eigenvalue weighted by atomic mass is 28.4. The molecule has 2 nitrogen and oxygen atoms in total. The Balaban J connectivity index is 1.66. The highest BCUT2D eigenvalue weighted by Crippen LogP contribution is 2.59. The molecular formula is C22H40O2Si. The highest BCUT2D eigenvalue weighted by molar-refractivity contribution is 6.69. The molecule has 0 amide bonds. The van der Waals surface area contributed by atoms with E-state index in [4.69, 9.17) is 4.43 Å². The zero-order valence-electron chi connectivity index (χ0n) is 17.3. The number of fused-ring (bicyclic) bond motifs is 1. The van der Waals surface area contributed by atoms with Gasteiger partial charge in [-0.2, -0.15) is 0 Å². The van der Waals surface area contributed by atoms with Crippen molar-refractivity contribution in [1.82, 2.24) is 0 Å². The van der Waals surface area contributed by atoms with Crippen molar-refractivity contribution in [2.45, 2.75) is 97.1 Å². The molecule has 0 radical (unpaired) electrons. The zero-order valence-corrected chi connectivity index (χ0v) is 18.3. The van der Waals surface area contributed by atoms with Gasteiger partial charge >= 0.3 is 0 Å². The van der Waals surface area contributed by atoms with Crippen LogP contribution in [0.4, 0.5) is 0 Å². The first-order chi connectivity index (χ1) is 11.5. The fraction of sp³-hybridized carbons (Fsp3) is 0.909. The number of aliphatic hydroxyl groups is 1. The summed E-state index contributed by atoms with van der Waals surface area (Å²) in [5.41, 5.74) is -0.111. The summed E-state index contributed by atoms with van der Waals surface area (Å²) in [7, 11) is -1.47. The lowest BCUT2D eigenvalue weighted by Crippen LogP contribution is -2.46. The van der Waals surface area contributed by atoms with Crippen LogP contribution in [0.2, 0.25) is 19.6 Å². The van der Waals surface area contributed by atoms with Gasteiger partial charge in [-0.05, 0) is 94.2 Å². The van der Waals surface area contributed by atoms with E-state index in [1.807, 2.05) is 13.0 Å². The molecule has 3 aliphatic carbocycles. The topological polar surface area (TPSA) is 29.5 Å². The van der Waals surface area contributed by atoms with E-state index in [0.717, 1.165) is 24.2 Å². The van der Waals surface area contributed by atoms with Crippen molar-refractivity contribution in [2.75, 3.05) is 0 Å². The molecule has 3 rings (SSSR count). The van der Waals surface area contributed by atoms with Gasteiger partial charge in [0.15, 0.2) is 8.32 Å². The molecule has 2 saturated carbocycles. The largest absolute Gasteiger partial charge is 0.414 e. The molecule has 0 aromatic heterocycles. The van der Waals surface area contributed by atoms with E-state index < -0.39 is 13.9 Å². The average Bonchev–Trinajstić information content (AvgIpc) is 2.97. The predicted molar refractivity (Wildman–Crippen MR) is 108 cm³/mol. The number of rotatable bonds is 5. The Morgan fingerprint density at radius 3 is 2.52 bits per heavy atom. The maximum atomic E-state index is 10.2. The molecule has 144 valence electrons. The van der Waals surface area contributed by atoms with Gasteiger partial charge in [0.1, 0.15) is 0 Å². The summed E-state index contributed by atoms with van der Waals surface area (Å²) in [6.45, 7) is 14.0. The number of hydrogen-bond acceptors (Lipinski definition) is 2. The Labute approximate surface area is 156 Å². The third-order valence-electron chi connectivity index (χ3n) is 7.40. The van der Waals surface area contributed by atoms with Gasteiger partial charge in [0.25, 0.3) is 0 Å². The third kappa shape index (κ3) is 4.25. The van der Waals surface area contributed by atoms with Crippen molar-refractivity contribution in [2.24, 2.45) is 29.1 Å². The lowest BCUT2D eigenvalue weighted by Gasteiger charge is -2.48. The standard InChI is InChI=1S/C22H40O2Si/c1-16(14-17-11-13-21(2,23)15-17)18-9-10-19-20(24-25(4,5)6)8-7-12-22(18,19)3/h11,13,16-20,23H,7-10,12,14-15H2,1-6H3/t16-,17+,18-,19?,20?,21+,22-/m1/s1. The van der Waals surface area contributed by atoms with Crippen LogP contribution in [0.15, 0.2) is 12.2 Å². The van der Waals surface area contributed by atoms with Gasteiger partial charge < -0.3 is 9.53 Å². The van der Waals surface area contributed by atoms with Gasteiger partial charge in [-0.25, -0.2) is 0 Å². The lowest BCUT2D eigenvalue weighted by atomic mass is 9.61. The molecule has 3 heteroatoms. The molecule has 25 heavy (non-hydrogen) atoms. The van der Waals surface area contributed by atoms with Crippen molar-refractivity contribution in [3.8, 4) is 0 Å². The Morgan fingerprint density at radius 2 is 1.92 bits per heavy atom. The van der Waals surface area contributed by atoms with E-state index in [0.29, 0.717) is 17.4 Å². The van der Waals surface area contributed by atoms with E-state index in [1.54, 1.807) is 0 Å². The van der Waals surface area contributed by atoms with Crippen LogP contribution < -0.4 is 0 Å². The molecule has 0 aromatic rings. The van der Waals surface area contributed by atoms with Crippen LogP contribution in [-0.4, -0.2) is 25.1 Å². The Hall–Kier alpha value is -0.123. The maximum absolute atomic E-state index is 10.2. The fourth-order valence-corrected chi connectivity index (χ4v) is 7.69. The first kappa shape index (κ1) is 19.6. The summed E-state index contributed by atoms with van der Waals surface area (Å²) >= 11 is 0. The summed E-state index contributed by atoms with van der Waals surface area (Å²) < 4.78 is 6.64. The lowest BCUT2D eigenvalue weighted by molar-refractivity contribution is -0.0200. The normalized spacial score (nSPS) is 45.6. The Bertz CT molecular complexity index is 507. The van der Waals surface area contributed by atoms with Gasteiger partial charge in [0.2, 0.25) is 0 Å². The highest BCUT2D eigenvalue weighted by Gasteiger charge is 2.53. The first-order valence-electron chi connectivity index (χ1n) is 10.6. The molecule has 0 bridgehead atoms. The van der Waals surface area contributed by atoms with Crippen LogP contribution in [0, 0.1) is 29.1 Å². The Kier molecular flexibility index (Phi) is 5.34. The second-order valence-corrected chi connectivity index (χ2v) is 15.3. The monoisotopic (exact) mass is 364 g/mol. The van der Waals surface area contributed by atoms with Gasteiger partial charge in [-0.15, -0.1) is 0 Å². The summed E-state index contributed by atoms with van der Waals surface area (Å²) in [6, 6.07) is 0. The second-order valence-electron chi connectivity index (χ2n) is 10.9. The van der Waals surface area contributed by atoms with Crippen LogP contribution >= 0.6 is 0 Å². The molecule has 3 aliphatic rings. The van der Waals surface area contributed by atoms with Gasteiger partial charge in [0, 0.05) is 6.10 Å². The minimum Gasteiger partial charge on any atom is -0.414 e. The van der Waals surface area contributed by atoms with Crippen molar-refractivity contribution in [3.63, 3.8) is 0 Å². The molecule has 0 heterocycles. The van der Waals surface area contributed by atoms with Crippen molar-refractivity contribution in [1.29, 1.82) is 0 Å². The van der Waals surface area contributed by atoms with E-state index in [2.05, 4.69) is 39.6 Å². The number of allylic oxidation sites excluding steroid dienone is 1. The van der Waals surface area contributed by atoms with Crippen LogP contribution in [0.5, 0.6) is 0 Å². The summed E-state index contributed by atoms with van der Waals surface area (Å²) in [6.07, 6.45) is 13.7. The first-order valence-corrected chi connectivity index (χ1v) is 14.0. The van der Waals surface area contributed by atoms with Crippen molar-refractivity contribution < 1.29 is 9.53 Å². The molecule has 0 aliphatic heterocycles. The quantitative estimate of drug-likeness (QED) is 0.495. The second kappa shape index (κ2) is 6.80. The minimum atomic E-state index is -1.47. The van der Waals surface area contributed by atoms with E-state index >= 15 is 0 Å². The van der Waals surface area contributed by atoms with Crippen molar-refractivity contribution >= 4 is 8.32 Å². The minimum absolute atomic E-state index is 0.465. The fourth-order valence-electron chi connectivity index (χ4n) is 6.50. The van der Waals surface area contributed by atoms with E-state index in [1.165, 1.54) is 38.5 Å². The predicted octanol–water partition coefficient (Wildman–Crippen LogP) is 5.78. The van der Waals surface area contributed by atoms with Crippen LogP contribution in [0.3, 0.4) is 0 Å². The zero-order chi connectivity index (χ0) is 18.5. The summed E-state index contributed by atoms with van der Waals surface area (Å²) in [4.78, 5) is 0. The number of hydrogen-bond donors (Lipinski definition) is 1. The molecule has 2 fully saturated rings. The van der Waals surface area contributed by atoms with Gasteiger partial charge in [-0.3, -0.25) is 0 Å². The molecule has 0 saturated heterocycles. The average molecular weight is 365 g/mol. The summed E-state index contributed by atoms with van der Waals surface area (Å²) in [5.74, 6) is 2.89. The molecular weight excluding hydrogens is 324 g/mol. The summed E-state index contributed by atoms with van der Waals surface area (Å²) in [5, 5.41) is 10.2. The van der Waals surface area contributed by atoms with E-state index in [9.17, 15) is 5.11 Å². The molecule has 0 spiro atoms. The van der Waals surface area contributed by atoms with Crippen molar-refractivity contribution in [3.05, 3.63) is 12.2 Å². The van der Waals surface area contributed by atoms with E-state index in [-0.39, 0.29) is 0 Å². The smallest absolute Gasteiger partial charge is 0.184 e. The SMILES string of the molecule is C[C@H](C[C@@H]1C=C[C@](C)(O)C1)[C@H]1CCC2C(O[Si](C)(C)C)CCC[C@@]21C. The van der Waals surface area contributed by atoms with Crippen LogP contribution in [-0.2, 0) is 4.43 Å². The molecule has 0 aromatic carbocycles. The van der Waals surface area contributed by atoms with Crippen LogP contribution in [0.25, 0.3) is 0 Å². The Morgan fingerprint density at radius 1 is 1.20 bits per heavy atom. The molecule has 7 atom stereocenters. The van der Waals surface area contributed by atoms with Gasteiger partial charge in [0.05, 0.1) is 5.60 Å². The molecule has 2 unspecified atom stereocenters.